The number of ether oxygens (including phenoxy) is 2. The Morgan fingerprint density at radius 3 is 2.58 bits per heavy atom. The maximum Gasteiger partial charge on any atom is 0.258 e. The number of benzene rings is 1. The Morgan fingerprint density at radius 2 is 1.96 bits per heavy atom. The molecular weight excluding hydrogens is 306 g/mol. The summed E-state index contributed by atoms with van der Waals surface area (Å²) in [6.45, 7) is 0.444. The number of pyridine rings is 1. The highest BCUT2D eigenvalue weighted by molar-refractivity contribution is 5.78. The van der Waals surface area contributed by atoms with Gasteiger partial charge in [0.15, 0.2) is 6.61 Å². The summed E-state index contributed by atoms with van der Waals surface area (Å²) in [5, 5.41) is 2.92. The van der Waals surface area contributed by atoms with E-state index in [2.05, 4.69) is 10.3 Å². The number of nitrogens with zero attached hydrogens (tertiary/aromatic N) is 1. The average Bonchev–Trinajstić information content (AvgIpc) is 3.45. The van der Waals surface area contributed by atoms with Crippen LogP contribution >= 0.6 is 0 Å². The minimum atomic E-state index is -0.147. The van der Waals surface area contributed by atoms with Gasteiger partial charge in [0, 0.05) is 24.8 Å². The van der Waals surface area contributed by atoms with Crippen molar-refractivity contribution in [1.29, 1.82) is 0 Å². The molecule has 1 aromatic carbocycles. The Kier molecular flexibility index (Phi) is 5.28. The first-order chi connectivity index (χ1) is 11.7. The smallest absolute Gasteiger partial charge is 0.258 e. The summed E-state index contributed by atoms with van der Waals surface area (Å²) in [5.41, 5.74) is 5.67. The zero-order valence-corrected chi connectivity index (χ0v) is 13.4. The zero-order chi connectivity index (χ0) is 16.8. The molecule has 126 valence electrons. The van der Waals surface area contributed by atoms with Crippen molar-refractivity contribution >= 4 is 5.91 Å². The van der Waals surface area contributed by atoms with Gasteiger partial charge in [-0.2, -0.15) is 0 Å². The largest absolute Gasteiger partial charge is 0.484 e. The summed E-state index contributed by atoms with van der Waals surface area (Å²) in [5.74, 6) is 2.17. The molecule has 1 heterocycles. The quantitative estimate of drug-likeness (QED) is 0.775. The van der Waals surface area contributed by atoms with Crippen LogP contribution in [0.4, 0.5) is 0 Å². The van der Waals surface area contributed by atoms with Gasteiger partial charge in [-0.25, -0.2) is 4.98 Å². The molecule has 1 aromatic heterocycles. The molecule has 0 spiro atoms. The zero-order valence-electron chi connectivity index (χ0n) is 13.4. The second kappa shape index (κ2) is 7.79. The number of hydrogen-bond donors (Lipinski definition) is 2. The van der Waals surface area contributed by atoms with Crippen molar-refractivity contribution in [2.45, 2.75) is 18.9 Å². The summed E-state index contributed by atoms with van der Waals surface area (Å²) < 4.78 is 11.1. The van der Waals surface area contributed by atoms with Crippen LogP contribution in [0, 0.1) is 5.92 Å². The van der Waals surface area contributed by atoms with Crippen LogP contribution < -0.4 is 20.5 Å². The summed E-state index contributed by atoms with van der Waals surface area (Å²) in [6, 6.07) is 12.6. The Hall–Kier alpha value is -2.60. The number of nitrogens with one attached hydrogen (secondary N) is 1. The van der Waals surface area contributed by atoms with E-state index in [9.17, 15) is 4.79 Å². The molecule has 0 radical (unpaired) electrons. The number of rotatable bonds is 8. The summed E-state index contributed by atoms with van der Waals surface area (Å²) >= 11 is 0. The van der Waals surface area contributed by atoms with E-state index in [0.717, 1.165) is 12.8 Å². The molecule has 1 aliphatic rings. The summed E-state index contributed by atoms with van der Waals surface area (Å²) in [7, 11) is 0. The lowest BCUT2D eigenvalue weighted by atomic mass is 10.2. The van der Waals surface area contributed by atoms with Gasteiger partial charge in [-0.3, -0.25) is 4.79 Å². The molecule has 1 atom stereocenters. The lowest BCUT2D eigenvalue weighted by molar-refractivity contribution is -0.123. The van der Waals surface area contributed by atoms with Gasteiger partial charge in [0.25, 0.3) is 5.91 Å². The van der Waals surface area contributed by atoms with Crippen LogP contribution in [0.5, 0.6) is 17.4 Å². The van der Waals surface area contributed by atoms with Gasteiger partial charge in [-0.1, -0.05) is 6.07 Å². The predicted molar refractivity (Wildman–Crippen MR) is 90.0 cm³/mol. The van der Waals surface area contributed by atoms with Crippen LogP contribution in [0.25, 0.3) is 0 Å². The first kappa shape index (κ1) is 16.3. The van der Waals surface area contributed by atoms with Gasteiger partial charge in [-0.05, 0) is 49.1 Å². The SMILES string of the molecule is NCC(NC(=O)COc1ccc(Oc2ccccn2)cc1)C1CC1. The third-order valence-electron chi connectivity index (χ3n) is 3.85. The van der Waals surface area contributed by atoms with Gasteiger partial charge < -0.3 is 20.5 Å². The van der Waals surface area contributed by atoms with Crippen molar-refractivity contribution in [2.75, 3.05) is 13.2 Å². The molecule has 1 unspecified atom stereocenters. The number of carbonyl (C=O) groups is 1. The first-order valence-electron chi connectivity index (χ1n) is 8.06. The number of nitrogens with two attached hydrogens (primary N) is 1. The van der Waals surface area contributed by atoms with Crippen molar-refractivity contribution in [3.63, 3.8) is 0 Å². The highest BCUT2D eigenvalue weighted by atomic mass is 16.5. The molecular formula is C18H21N3O3. The Morgan fingerprint density at radius 1 is 1.21 bits per heavy atom. The third-order valence-corrected chi connectivity index (χ3v) is 3.85. The molecule has 24 heavy (non-hydrogen) atoms. The van der Waals surface area contributed by atoms with Crippen molar-refractivity contribution in [3.05, 3.63) is 48.7 Å². The van der Waals surface area contributed by atoms with Gasteiger partial charge in [0.2, 0.25) is 5.88 Å². The van der Waals surface area contributed by atoms with E-state index < -0.39 is 0 Å². The van der Waals surface area contributed by atoms with E-state index in [1.54, 1.807) is 36.5 Å². The van der Waals surface area contributed by atoms with Crippen LogP contribution in [0.2, 0.25) is 0 Å². The second-order valence-corrected chi connectivity index (χ2v) is 5.78. The summed E-state index contributed by atoms with van der Waals surface area (Å²) in [4.78, 5) is 16.0. The normalized spacial score (nSPS) is 14.7. The molecule has 3 N–H and O–H groups in total. The number of carbonyl (C=O) groups excluding carboxylic acids is 1. The fraction of sp³-hybridized carbons (Fsp3) is 0.333. The van der Waals surface area contributed by atoms with E-state index in [-0.39, 0.29) is 18.6 Å². The molecule has 6 nitrogen and oxygen atoms in total. The Labute approximate surface area is 141 Å². The maximum absolute atomic E-state index is 11.9. The Balaban J connectivity index is 1.46. The van der Waals surface area contributed by atoms with E-state index in [1.807, 2.05) is 12.1 Å². The third kappa shape index (κ3) is 4.70. The fourth-order valence-electron chi connectivity index (χ4n) is 2.40. The van der Waals surface area contributed by atoms with Crippen molar-refractivity contribution in [1.82, 2.24) is 10.3 Å². The van der Waals surface area contributed by atoms with Crippen LogP contribution in [0.15, 0.2) is 48.7 Å². The van der Waals surface area contributed by atoms with Crippen molar-refractivity contribution in [2.24, 2.45) is 11.7 Å². The second-order valence-electron chi connectivity index (χ2n) is 5.78. The fourth-order valence-corrected chi connectivity index (χ4v) is 2.40. The monoisotopic (exact) mass is 327 g/mol. The van der Waals surface area contributed by atoms with Crippen molar-refractivity contribution < 1.29 is 14.3 Å². The number of hydrogen-bond acceptors (Lipinski definition) is 5. The lowest BCUT2D eigenvalue weighted by Crippen LogP contribution is -2.43. The molecule has 0 bridgehead atoms. The molecule has 2 aromatic rings. The Bertz CT molecular complexity index is 657. The standard InChI is InChI=1S/C18H21N3O3/c19-11-16(13-4-5-13)21-17(22)12-23-14-6-8-15(9-7-14)24-18-3-1-2-10-20-18/h1-3,6-10,13,16H,4-5,11-12,19H2,(H,21,22). The maximum atomic E-state index is 11.9. The molecule has 1 aliphatic carbocycles. The molecule has 1 fully saturated rings. The van der Waals surface area contributed by atoms with Crippen molar-refractivity contribution in [3.8, 4) is 17.4 Å². The molecule has 0 saturated heterocycles. The van der Waals surface area contributed by atoms with Crippen LogP contribution in [-0.2, 0) is 4.79 Å². The van der Waals surface area contributed by atoms with Crippen LogP contribution in [0.3, 0.4) is 0 Å². The van der Waals surface area contributed by atoms with E-state index in [1.165, 1.54) is 0 Å². The number of amides is 1. The lowest BCUT2D eigenvalue weighted by Gasteiger charge is -2.16. The first-order valence-corrected chi connectivity index (χ1v) is 8.06. The molecule has 1 saturated carbocycles. The predicted octanol–water partition coefficient (Wildman–Crippen LogP) is 2.11. The van der Waals surface area contributed by atoms with E-state index in [4.69, 9.17) is 15.2 Å². The van der Waals surface area contributed by atoms with Gasteiger partial charge in [0.05, 0.1) is 0 Å². The molecule has 3 rings (SSSR count). The number of aromatic nitrogens is 1. The molecule has 6 heteroatoms. The summed E-state index contributed by atoms with van der Waals surface area (Å²) in [6.07, 6.45) is 3.95. The molecule has 1 amide bonds. The van der Waals surface area contributed by atoms with Gasteiger partial charge in [-0.15, -0.1) is 0 Å². The van der Waals surface area contributed by atoms with Gasteiger partial charge in [0.1, 0.15) is 11.5 Å². The minimum Gasteiger partial charge on any atom is -0.484 e. The highest BCUT2D eigenvalue weighted by Gasteiger charge is 2.31. The molecule has 0 aliphatic heterocycles. The minimum absolute atomic E-state index is 0.0241. The van der Waals surface area contributed by atoms with E-state index >= 15 is 0 Å². The average molecular weight is 327 g/mol. The topological polar surface area (TPSA) is 86.5 Å². The van der Waals surface area contributed by atoms with Crippen LogP contribution in [-0.4, -0.2) is 30.1 Å². The highest BCUT2D eigenvalue weighted by Crippen LogP contribution is 2.32. The van der Waals surface area contributed by atoms with E-state index in [0.29, 0.717) is 29.8 Å². The van der Waals surface area contributed by atoms with Crippen LogP contribution in [0.1, 0.15) is 12.8 Å². The van der Waals surface area contributed by atoms with Gasteiger partial charge >= 0.3 is 0 Å².